The van der Waals surface area contributed by atoms with Crippen LogP contribution in [0.3, 0.4) is 0 Å². The molecule has 3 aromatic rings. The molecule has 0 unspecified atom stereocenters. The van der Waals surface area contributed by atoms with Crippen molar-refractivity contribution < 1.29 is 4.79 Å². The highest BCUT2D eigenvalue weighted by Crippen LogP contribution is 2.34. The van der Waals surface area contributed by atoms with Gasteiger partial charge in [0.2, 0.25) is 5.91 Å². The summed E-state index contributed by atoms with van der Waals surface area (Å²) in [6.45, 7) is 1.69. The van der Waals surface area contributed by atoms with Crippen molar-refractivity contribution in [1.82, 2.24) is 14.5 Å². The fraction of sp³-hybridized carbons (Fsp3) is 0.273. The van der Waals surface area contributed by atoms with Crippen molar-refractivity contribution in [2.45, 2.75) is 24.4 Å². The Hall–Kier alpha value is -1.66. The van der Waals surface area contributed by atoms with Crippen LogP contribution in [0.4, 0.5) is 0 Å². The van der Waals surface area contributed by atoms with Gasteiger partial charge < -0.3 is 4.90 Å². The molecule has 0 aliphatic carbocycles. The molecule has 1 amide bonds. The molecule has 0 atom stereocenters. The molecular formula is C22H20Cl3N3OS. The Morgan fingerprint density at radius 2 is 1.80 bits per heavy atom. The van der Waals surface area contributed by atoms with E-state index in [2.05, 4.69) is 4.98 Å². The molecule has 1 aliphatic rings. The van der Waals surface area contributed by atoms with E-state index >= 15 is 0 Å². The molecule has 4 rings (SSSR count). The number of thioether (sulfide) groups is 1. The second-order valence-corrected chi connectivity index (χ2v) is 9.29. The number of aromatic nitrogens is 2. The van der Waals surface area contributed by atoms with Crippen LogP contribution in [0.15, 0.2) is 53.8 Å². The summed E-state index contributed by atoms with van der Waals surface area (Å²) in [4.78, 5) is 19.2. The number of benzene rings is 2. The topological polar surface area (TPSA) is 38.1 Å². The first-order chi connectivity index (χ1) is 14.5. The molecule has 1 saturated heterocycles. The maximum Gasteiger partial charge on any atom is 0.233 e. The minimum Gasteiger partial charge on any atom is -0.342 e. The van der Waals surface area contributed by atoms with Gasteiger partial charge in [-0.15, -0.1) is 0 Å². The zero-order valence-electron chi connectivity index (χ0n) is 16.2. The quantitative estimate of drug-likeness (QED) is 0.386. The maximum atomic E-state index is 12.6. The summed E-state index contributed by atoms with van der Waals surface area (Å²) in [6.07, 6.45) is 5.14. The molecule has 1 aliphatic heterocycles. The van der Waals surface area contributed by atoms with Crippen LogP contribution in [-0.2, 0) is 4.79 Å². The highest BCUT2D eigenvalue weighted by atomic mass is 35.5. The van der Waals surface area contributed by atoms with Gasteiger partial charge in [-0.2, -0.15) is 0 Å². The minimum atomic E-state index is 0.149. The van der Waals surface area contributed by atoms with Gasteiger partial charge in [0.1, 0.15) is 0 Å². The second-order valence-electron chi connectivity index (χ2n) is 7.10. The summed E-state index contributed by atoms with van der Waals surface area (Å²) < 4.78 is 2.00. The van der Waals surface area contributed by atoms with Crippen LogP contribution < -0.4 is 0 Å². The minimum absolute atomic E-state index is 0.149. The molecule has 8 heteroatoms. The van der Waals surface area contributed by atoms with E-state index in [1.54, 1.807) is 12.3 Å². The predicted octanol–water partition coefficient (Wildman–Crippen LogP) is 6.60. The van der Waals surface area contributed by atoms with Gasteiger partial charge in [0.05, 0.1) is 27.7 Å². The summed E-state index contributed by atoms with van der Waals surface area (Å²) in [5, 5.41) is 2.32. The molecule has 0 N–H and O–H groups in total. The van der Waals surface area contributed by atoms with Gasteiger partial charge >= 0.3 is 0 Å². The van der Waals surface area contributed by atoms with Crippen LogP contribution in [0.1, 0.15) is 19.3 Å². The molecule has 0 spiro atoms. The normalized spacial score (nSPS) is 14.2. The number of carbonyl (C=O) groups is 1. The molecule has 2 heterocycles. The largest absolute Gasteiger partial charge is 0.342 e. The zero-order chi connectivity index (χ0) is 21.1. The molecule has 1 aromatic heterocycles. The first-order valence-electron chi connectivity index (χ1n) is 9.72. The molecule has 156 valence electrons. The average molecular weight is 481 g/mol. The van der Waals surface area contributed by atoms with E-state index < -0.39 is 0 Å². The van der Waals surface area contributed by atoms with Crippen LogP contribution in [0.2, 0.25) is 15.1 Å². The Kier molecular flexibility index (Phi) is 6.94. The van der Waals surface area contributed by atoms with Crippen molar-refractivity contribution in [3.8, 4) is 16.9 Å². The summed E-state index contributed by atoms with van der Waals surface area (Å²) in [5.41, 5.74) is 2.60. The number of nitrogens with zero attached hydrogens (tertiary/aromatic N) is 3. The van der Waals surface area contributed by atoms with Crippen molar-refractivity contribution in [3.63, 3.8) is 0 Å². The molecule has 30 heavy (non-hydrogen) atoms. The Morgan fingerprint density at radius 1 is 1.00 bits per heavy atom. The number of carbonyl (C=O) groups excluding carboxylic acids is 1. The van der Waals surface area contributed by atoms with Gasteiger partial charge in [0.15, 0.2) is 5.16 Å². The number of rotatable bonds is 5. The van der Waals surface area contributed by atoms with Gasteiger partial charge in [-0.1, -0.05) is 58.7 Å². The first kappa shape index (κ1) is 21.6. The van der Waals surface area contributed by atoms with Crippen molar-refractivity contribution in [3.05, 3.63) is 63.7 Å². The SMILES string of the molecule is O=C(CSc1ncc(-c2ccc(Cl)c(Cl)c2)n1-c1cccc(Cl)c1)N1CCCCC1. The summed E-state index contributed by atoms with van der Waals surface area (Å²) >= 11 is 20.0. The smallest absolute Gasteiger partial charge is 0.233 e. The number of hydrogen-bond donors (Lipinski definition) is 0. The molecule has 0 bridgehead atoms. The first-order valence-corrected chi connectivity index (χ1v) is 11.8. The van der Waals surface area contributed by atoms with Crippen molar-refractivity contribution in [1.29, 1.82) is 0 Å². The third-order valence-corrected chi connectivity index (χ3v) is 6.96. The van der Waals surface area contributed by atoms with Crippen molar-refractivity contribution in [2.75, 3.05) is 18.8 Å². The number of piperidine rings is 1. The molecule has 4 nitrogen and oxygen atoms in total. The Bertz CT molecular complexity index is 1060. The van der Waals surface area contributed by atoms with Gasteiger partial charge in [0, 0.05) is 29.4 Å². The number of likely N-dealkylation sites (tertiary alicyclic amines) is 1. The lowest BCUT2D eigenvalue weighted by atomic mass is 10.1. The zero-order valence-corrected chi connectivity index (χ0v) is 19.2. The third kappa shape index (κ3) is 4.80. The van der Waals surface area contributed by atoms with Gasteiger partial charge in [-0.05, 0) is 49.6 Å². The Balaban J connectivity index is 1.67. The molecule has 0 radical (unpaired) electrons. The molecular weight excluding hydrogens is 461 g/mol. The predicted molar refractivity (Wildman–Crippen MR) is 125 cm³/mol. The van der Waals surface area contributed by atoms with E-state index in [9.17, 15) is 4.79 Å². The lowest BCUT2D eigenvalue weighted by Crippen LogP contribution is -2.36. The van der Waals surface area contributed by atoms with Crippen LogP contribution in [0.5, 0.6) is 0 Å². The monoisotopic (exact) mass is 479 g/mol. The number of halogens is 3. The highest BCUT2D eigenvalue weighted by molar-refractivity contribution is 7.99. The molecule has 1 fully saturated rings. The maximum absolute atomic E-state index is 12.6. The van der Waals surface area contributed by atoms with E-state index in [0.29, 0.717) is 20.8 Å². The lowest BCUT2D eigenvalue weighted by molar-refractivity contribution is -0.129. The average Bonchev–Trinajstić information content (AvgIpc) is 3.18. The van der Waals surface area contributed by atoms with Gasteiger partial charge in [0.25, 0.3) is 0 Å². The molecule has 2 aromatic carbocycles. The van der Waals surface area contributed by atoms with Crippen molar-refractivity contribution in [2.24, 2.45) is 0 Å². The standard InChI is InChI=1S/C22H20Cl3N3OS/c23-16-5-4-6-17(12-16)28-20(15-7-8-18(24)19(25)11-15)13-26-22(28)30-14-21(29)27-9-2-1-3-10-27/h4-8,11-13H,1-3,9-10,14H2. The lowest BCUT2D eigenvalue weighted by Gasteiger charge is -2.26. The fourth-order valence-corrected chi connectivity index (χ4v) is 4.90. The van der Waals surface area contributed by atoms with Crippen LogP contribution >= 0.6 is 46.6 Å². The van der Waals surface area contributed by atoms with Crippen molar-refractivity contribution >= 4 is 52.5 Å². The fourth-order valence-electron chi connectivity index (χ4n) is 3.52. The van der Waals surface area contributed by atoms with Gasteiger partial charge in [-0.3, -0.25) is 9.36 Å². The summed E-state index contributed by atoms with van der Waals surface area (Å²) in [5.74, 6) is 0.495. The Labute approximate surface area is 195 Å². The van der Waals surface area contributed by atoms with Gasteiger partial charge in [-0.25, -0.2) is 4.98 Å². The second kappa shape index (κ2) is 9.65. The van der Waals surface area contributed by atoms with E-state index in [1.807, 2.05) is 45.9 Å². The molecule has 0 saturated carbocycles. The number of hydrogen-bond acceptors (Lipinski definition) is 3. The third-order valence-electron chi connectivity index (χ3n) is 5.04. The number of imidazole rings is 1. The summed E-state index contributed by atoms with van der Waals surface area (Å²) in [6, 6.07) is 13.0. The van der Waals surface area contributed by atoms with Crippen LogP contribution in [0, 0.1) is 0 Å². The Morgan fingerprint density at radius 3 is 2.53 bits per heavy atom. The van der Waals surface area contributed by atoms with Crippen LogP contribution in [0.25, 0.3) is 16.9 Å². The van der Waals surface area contributed by atoms with E-state index in [0.717, 1.165) is 48.0 Å². The summed E-state index contributed by atoms with van der Waals surface area (Å²) in [7, 11) is 0. The van der Waals surface area contributed by atoms with E-state index in [1.165, 1.54) is 18.2 Å². The van der Waals surface area contributed by atoms with Crippen LogP contribution in [-0.4, -0.2) is 39.2 Å². The highest BCUT2D eigenvalue weighted by Gasteiger charge is 2.20. The van der Waals surface area contributed by atoms with E-state index in [4.69, 9.17) is 34.8 Å². The number of amides is 1. The van der Waals surface area contributed by atoms with E-state index in [-0.39, 0.29) is 5.91 Å².